The Morgan fingerprint density at radius 2 is 1.54 bits per heavy atom. The first-order valence-corrected chi connectivity index (χ1v) is 19.5. The predicted molar refractivity (Wildman–Crippen MR) is 203 cm³/mol. The first-order chi connectivity index (χ1) is 26.7. The number of nitrogens with one attached hydrogen (secondary N) is 1. The van der Waals surface area contributed by atoms with Gasteiger partial charge in [0.1, 0.15) is 40.7 Å². The summed E-state index contributed by atoms with van der Waals surface area (Å²) in [5, 5.41) is 2.16. The molecule has 5 heterocycles. The van der Waals surface area contributed by atoms with E-state index in [1.165, 1.54) is 4.90 Å². The third kappa shape index (κ3) is 8.73. The van der Waals surface area contributed by atoms with Crippen molar-refractivity contribution in [3.63, 3.8) is 0 Å². The number of ether oxygens (including phenoxy) is 4. The smallest absolute Gasteiger partial charge is 0.461 e. The molecule has 3 saturated heterocycles. The minimum atomic E-state index is -5.28. The Kier molecular flexibility index (Phi) is 10.5. The lowest BCUT2D eigenvalue weighted by Crippen LogP contribution is -2.50. The number of halogens is 5. The second-order valence-electron chi connectivity index (χ2n) is 16.4. The number of anilines is 2. The summed E-state index contributed by atoms with van der Waals surface area (Å²) in [5.41, 5.74) is -3.40. The molecule has 2 aromatic heterocycles. The number of alkyl halides is 3. The van der Waals surface area contributed by atoms with Gasteiger partial charge >= 0.3 is 24.6 Å². The molecule has 308 valence electrons. The van der Waals surface area contributed by atoms with Crippen LogP contribution < -0.4 is 19.7 Å². The normalized spacial score (nSPS) is 17.6. The Morgan fingerprint density at radius 3 is 2.18 bits per heavy atom. The lowest BCUT2D eigenvalue weighted by molar-refractivity contribution is -0.274. The Labute approximate surface area is 329 Å². The van der Waals surface area contributed by atoms with Gasteiger partial charge < -0.3 is 28.7 Å². The average Bonchev–Trinajstić information content (AvgIpc) is 3.81. The first-order valence-electron chi connectivity index (χ1n) is 18.7. The van der Waals surface area contributed by atoms with Gasteiger partial charge in [-0.15, -0.1) is 13.2 Å². The van der Waals surface area contributed by atoms with Gasteiger partial charge in [-0.25, -0.2) is 23.4 Å². The fraction of sp³-hybridized carbons (Fsp3) is 0.553. The van der Waals surface area contributed by atoms with E-state index in [0.29, 0.717) is 11.3 Å². The van der Waals surface area contributed by atoms with Crippen molar-refractivity contribution in [3.8, 4) is 22.9 Å². The van der Waals surface area contributed by atoms with Crippen molar-refractivity contribution in [2.75, 3.05) is 56.1 Å². The van der Waals surface area contributed by atoms with E-state index in [1.54, 1.807) is 46.4 Å². The van der Waals surface area contributed by atoms with Crippen LogP contribution >= 0.6 is 11.3 Å². The highest BCUT2D eigenvalue weighted by Crippen LogP contribution is 2.46. The van der Waals surface area contributed by atoms with Crippen LogP contribution in [0.4, 0.5) is 42.5 Å². The Bertz CT molecular complexity index is 2190. The molecule has 2 aromatic carbocycles. The summed E-state index contributed by atoms with van der Waals surface area (Å²) in [6, 6.07) is 2.87. The number of aromatic nitrogens is 3. The van der Waals surface area contributed by atoms with E-state index in [1.807, 2.05) is 0 Å². The zero-order valence-corrected chi connectivity index (χ0v) is 33.3. The van der Waals surface area contributed by atoms with Crippen molar-refractivity contribution in [1.29, 1.82) is 0 Å². The Hall–Kier alpha value is -4.78. The highest BCUT2D eigenvalue weighted by molar-refractivity contribution is 7.22. The lowest BCUT2D eigenvalue weighted by Gasteiger charge is -2.36. The predicted octanol–water partition coefficient (Wildman–Crippen LogP) is 8.49. The number of amides is 2. The molecule has 4 aromatic rings. The van der Waals surface area contributed by atoms with Crippen molar-refractivity contribution >= 4 is 55.6 Å². The van der Waals surface area contributed by atoms with E-state index >= 15 is 8.78 Å². The summed E-state index contributed by atoms with van der Waals surface area (Å²) in [6.07, 6.45) is -2.92. The van der Waals surface area contributed by atoms with E-state index in [4.69, 9.17) is 14.2 Å². The van der Waals surface area contributed by atoms with Crippen LogP contribution in [0.1, 0.15) is 67.2 Å². The molecule has 0 saturated carbocycles. The maximum atomic E-state index is 17.3. The second kappa shape index (κ2) is 14.9. The maximum Gasteiger partial charge on any atom is 0.573 e. The van der Waals surface area contributed by atoms with Crippen LogP contribution in [0.2, 0.25) is 0 Å². The molecule has 1 N–H and O–H groups in total. The molecule has 0 unspecified atom stereocenters. The van der Waals surface area contributed by atoms with Crippen LogP contribution in [-0.4, -0.2) is 106 Å². The monoisotopic (exact) mass is 821 g/mol. The third-order valence-corrected chi connectivity index (χ3v) is 10.9. The largest absolute Gasteiger partial charge is 0.573 e. The number of carbonyl (C=O) groups is 2. The number of thiazole rings is 1. The number of piperazine rings is 1. The number of hydrogen-bond donors (Lipinski definition) is 1. The zero-order chi connectivity index (χ0) is 41.1. The van der Waals surface area contributed by atoms with Crippen LogP contribution in [0.15, 0.2) is 18.2 Å². The van der Waals surface area contributed by atoms with Crippen molar-refractivity contribution in [2.24, 2.45) is 0 Å². The molecule has 19 heteroatoms. The quantitative estimate of drug-likeness (QED) is 0.180. The van der Waals surface area contributed by atoms with Crippen molar-refractivity contribution < 1.29 is 50.5 Å². The van der Waals surface area contributed by atoms with Crippen LogP contribution in [0.3, 0.4) is 0 Å². The fourth-order valence-electron chi connectivity index (χ4n) is 7.64. The highest BCUT2D eigenvalue weighted by atomic mass is 32.1. The minimum Gasteiger partial charge on any atom is -0.461 e. The van der Waals surface area contributed by atoms with Crippen molar-refractivity contribution in [1.82, 2.24) is 24.8 Å². The summed E-state index contributed by atoms with van der Waals surface area (Å²) < 4.78 is 96.4. The summed E-state index contributed by atoms with van der Waals surface area (Å²) in [4.78, 5) is 44.3. The van der Waals surface area contributed by atoms with Crippen LogP contribution in [-0.2, 0) is 9.47 Å². The minimum absolute atomic E-state index is 0.0743. The molecule has 2 amide bonds. The van der Waals surface area contributed by atoms with Crippen molar-refractivity contribution in [2.45, 2.75) is 90.3 Å². The van der Waals surface area contributed by atoms with Gasteiger partial charge in [-0.1, -0.05) is 11.3 Å². The van der Waals surface area contributed by atoms with E-state index in [2.05, 4.69) is 29.9 Å². The van der Waals surface area contributed by atoms with Gasteiger partial charge in [0.15, 0.2) is 10.9 Å². The number of nitrogens with zero attached hydrogens (tertiary/aromatic N) is 6. The summed E-state index contributed by atoms with van der Waals surface area (Å²) >= 11 is 0.693. The van der Waals surface area contributed by atoms with Crippen LogP contribution in [0.5, 0.6) is 11.8 Å². The molecule has 0 radical (unpaired) electrons. The summed E-state index contributed by atoms with van der Waals surface area (Å²) in [7, 11) is 0. The number of fused-ring (bicyclic) bond motifs is 3. The lowest BCUT2D eigenvalue weighted by atomic mass is 9.95. The molecular weight excluding hydrogens is 778 g/mol. The Balaban J connectivity index is 1.35. The summed E-state index contributed by atoms with van der Waals surface area (Å²) in [6.45, 7) is 12.9. The highest BCUT2D eigenvalue weighted by Gasteiger charge is 2.45. The standard InChI is InChI=1S/C38H44F5N7O6S/c1-35(2,3)55-33(51)47-32-45-28-21(9-10-23(39)29(28)57-32)25-24(54-38(41,42)43)19-22-27(26(25)40)44-31(53-20-37-11-7-13-50(37)14-8-12-37)46-30(22)48-15-17-49(18-16-48)34(52)56-36(4,5)6/h9-10,19H,7-8,11-18,20H2,1-6H3,(H,45,47,51). The molecule has 3 aliphatic heterocycles. The van der Waals surface area contributed by atoms with Gasteiger partial charge in [-0.05, 0) is 98.5 Å². The first kappa shape index (κ1) is 40.4. The van der Waals surface area contributed by atoms with Gasteiger partial charge in [-0.3, -0.25) is 10.2 Å². The van der Waals surface area contributed by atoms with Crippen molar-refractivity contribution in [3.05, 3.63) is 29.8 Å². The number of rotatable bonds is 7. The van der Waals surface area contributed by atoms with E-state index in [9.17, 15) is 22.8 Å². The topological polar surface area (TPSA) is 131 Å². The second-order valence-corrected chi connectivity index (χ2v) is 17.4. The van der Waals surface area contributed by atoms with E-state index < -0.39 is 52.7 Å². The molecule has 0 spiro atoms. The molecule has 3 aliphatic rings. The number of carbonyl (C=O) groups excluding carboxylic acids is 2. The zero-order valence-electron chi connectivity index (χ0n) is 32.4. The van der Waals surface area contributed by atoms with E-state index in [0.717, 1.165) is 57.0 Å². The molecule has 7 rings (SSSR count). The van der Waals surface area contributed by atoms with E-state index in [-0.39, 0.29) is 82.0 Å². The average molecular weight is 822 g/mol. The number of hydrogen-bond acceptors (Lipinski definition) is 12. The third-order valence-electron chi connectivity index (χ3n) is 9.96. The SMILES string of the molecule is CC(C)(C)OC(=O)Nc1nc2c(-c3c(OC(F)(F)F)cc4c(N5CCN(C(=O)OC(C)(C)C)CC5)nc(OCC56CCCN5CCC6)nc4c3F)ccc(F)c2s1. The Morgan fingerprint density at radius 1 is 0.877 bits per heavy atom. The maximum absolute atomic E-state index is 17.3. The molecule has 0 bridgehead atoms. The van der Waals surface area contributed by atoms with Gasteiger partial charge in [0, 0.05) is 37.1 Å². The van der Waals surface area contributed by atoms with Gasteiger partial charge in [0.05, 0.1) is 21.3 Å². The molecule has 3 fully saturated rings. The molecule has 13 nitrogen and oxygen atoms in total. The van der Waals surface area contributed by atoms with Crippen LogP contribution in [0, 0.1) is 11.6 Å². The molecule has 57 heavy (non-hydrogen) atoms. The molecule has 0 aliphatic carbocycles. The van der Waals surface area contributed by atoms with Crippen LogP contribution in [0.25, 0.3) is 32.2 Å². The summed E-state index contributed by atoms with van der Waals surface area (Å²) in [5.74, 6) is -2.91. The van der Waals surface area contributed by atoms with Gasteiger partial charge in [0.25, 0.3) is 0 Å². The fourth-order valence-corrected chi connectivity index (χ4v) is 8.52. The molecule has 0 atom stereocenters. The van der Waals surface area contributed by atoms with Gasteiger partial charge in [-0.2, -0.15) is 9.97 Å². The molecular formula is C38H44F5N7O6S. The van der Waals surface area contributed by atoms with Gasteiger partial charge in [0.2, 0.25) is 0 Å². The number of benzene rings is 2.